The predicted molar refractivity (Wildman–Crippen MR) is 119 cm³/mol. The fraction of sp³-hybridized carbons (Fsp3) is 0.360. The van der Waals surface area contributed by atoms with Crippen LogP contribution < -0.4 is 5.32 Å². The lowest BCUT2D eigenvalue weighted by Crippen LogP contribution is -2.40. The molecule has 0 aliphatic carbocycles. The van der Waals surface area contributed by atoms with Gasteiger partial charge in [-0.3, -0.25) is 9.59 Å². The highest BCUT2D eigenvalue weighted by Crippen LogP contribution is 2.29. The Morgan fingerprint density at radius 3 is 2.38 bits per heavy atom. The molecule has 152 valence electrons. The summed E-state index contributed by atoms with van der Waals surface area (Å²) in [5.74, 6) is 0.361. The predicted octanol–water partition coefficient (Wildman–Crippen LogP) is 5.01. The molecule has 2 aromatic carbocycles. The van der Waals surface area contributed by atoms with Gasteiger partial charge in [0, 0.05) is 30.8 Å². The van der Waals surface area contributed by atoms with E-state index in [1.807, 2.05) is 60.4 Å². The maximum absolute atomic E-state index is 12.9. The molecule has 4 nitrogen and oxygen atoms in total. The van der Waals surface area contributed by atoms with Crippen LogP contribution in [-0.2, 0) is 9.59 Å². The molecule has 29 heavy (non-hydrogen) atoms. The van der Waals surface area contributed by atoms with E-state index >= 15 is 0 Å². The van der Waals surface area contributed by atoms with Gasteiger partial charge in [0.1, 0.15) is 0 Å². The van der Waals surface area contributed by atoms with Gasteiger partial charge < -0.3 is 10.2 Å². The summed E-state index contributed by atoms with van der Waals surface area (Å²) in [6.07, 6.45) is 4.85. The minimum atomic E-state index is -0.0585. The number of amides is 2. The molecule has 3 rings (SSSR count). The first-order valence-corrected chi connectivity index (χ1v) is 10.4. The van der Waals surface area contributed by atoms with Gasteiger partial charge in [-0.25, -0.2) is 0 Å². The lowest BCUT2D eigenvalue weighted by Gasteiger charge is -2.31. The molecule has 0 aromatic heterocycles. The Hall–Kier alpha value is -2.88. The number of hydrogen-bond donors (Lipinski definition) is 1. The lowest BCUT2D eigenvalue weighted by atomic mass is 9.94. The third-order valence-corrected chi connectivity index (χ3v) is 5.57. The highest BCUT2D eigenvalue weighted by Gasteiger charge is 2.27. The van der Waals surface area contributed by atoms with Gasteiger partial charge in [0.2, 0.25) is 11.8 Å². The Morgan fingerprint density at radius 1 is 1.03 bits per heavy atom. The van der Waals surface area contributed by atoms with Crippen LogP contribution >= 0.6 is 0 Å². The number of anilines is 1. The van der Waals surface area contributed by atoms with Gasteiger partial charge in [0.05, 0.1) is 0 Å². The highest BCUT2D eigenvalue weighted by atomic mass is 16.2. The van der Waals surface area contributed by atoms with E-state index < -0.39 is 0 Å². The van der Waals surface area contributed by atoms with Crippen molar-refractivity contribution >= 4 is 23.6 Å². The molecule has 1 aliphatic heterocycles. The van der Waals surface area contributed by atoms with Gasteiger partial charge in [-0.1, -0.05) is 62.4 Å². The zero-order valence-corrected chi connectivity index (χ0v) is 17.5. The van der Waals surface area contributed by atoms with Crippen LogP contribution in [-0.4, -0.2) is 29.8 Å². The molecule has 4 heteroatoms. The molecular formula is C25H30N2O2. The SMILES string of the molecule is Cc1cccc(C(C)C)c1NC(=O)C1CCN(C(=O)C=Cc2ccccc2)CC1. The standard InChI is InChI=1S/C25H30N2O2/c1-18(2)22-11-7-8-19(3)24(22)26-25(29)21-14-16-27(17-15-21)23(28)13-12-20-9-5-4-6-10-20/h4-13,18,21H,14-17H2,1-3H3,(H,26,29). The summed E-state index contributed by atoms with van der Waals surface area (Å²) in [6, 6.07) is 15.9. The van der Waals surface area contributed by atoms with E-state index in [1.54, 1.807) is 6.08 Å². The Balaban J connectivity index is 1.56. The summed E-state index contributed by atoms with van der Waals surface area (Å²) < 4.78 is 0. The van der Waals surface area contributed by atoms with Crippen LogP contribution in [0.4, 0.5) is 5.69 Å². The zero-order chi connectivity index (χ0) is 20.8. The number of carbonyl (C=O) groups is 2. The number of rotatable bonds is 5. The van der Waals surface area contributed by atoms with Gasteiger partial charge >= 0.3 is 0 Å². The fourth-order valence-corrected chi connectivity index (χ4v) is 3.77. The van der Waals surface area contributed by atoms with Gasteiger partial charge in [-0.05, 0) is 48.4 Å². The van der Waals surface area contributed by atoms with Crippen molar-refractivity contribution < 1.29 is 9.59 Å². The second-order valence-electron chi connectivity index (χ2n) is 8.03. The Kier molecular flexibility index (Phi) is 6.86. The van der Waals surface area contributed by atoms with Crippen molar-refractivity contribution in [1.82, 2.24) is 4.90 Å². The summed E-state index contributed by atoms with van der Waals surface area (Å²) in [7, 11) is 0. The van der Waals surface area contributed by atoms with Crippen LogP contribution in [0.25, 0.3) is 6.08 Å². The maximum atomic E-state index is 12.9. The molecular weight excluding hydrogens is 360 g/mol. The average molecular weight is 391 g/mol. The normalized spacial score (nSPS) is 15.1. The number of likely N-dealkylation sites (tertiary alicyclic amines) is 1. The van der Waals surface area contributed by atoms with Crippen LogP contribution in [0.15, 0.2) is 54.6 Å². The second-order valence-corrected chi connectivity index (χ2v) is 8.03. The third-order valence-electron chi connectivity index (χ3n) is 5.57. The number of nitrogens with one attached hydrogen (secondary N) is 1. The number of para-hydroxylation sites is 1. The first-order valence-electron chi connectivity index (χ1n) is 10.4. The molecule has 1 N–H and O–H groups in total. The lowest BCUT2D eigenvalue weighted by molar-refractivity contribution is -0.130. The minimum Gasteiger partial charge on any atom is -0.339 e. The van der Waals surface area contributed by atoms with E-state index in [0.717, 1.165) is 22.4 Å². The van der Waals surface area contributed by atoms with Crippen LogP contribution in [0.1, 0.15) is 49.3 Å². The first-order chi connectivity index (χ1) is 14.0. The molecule has 1 saturated heterocycles. The van der Waals surface area contributed by atoms with E-state index in [-0.39, 0.29) is 17.7 Å². The van der Waals surface area contributed by atoms with Crippen LogP contribution in [0.5, 0.6) is 0 Å². The quantitative estimate of drug-likeness (QED) is 0.730. The van der Waals surface area contributed by atoms with Gasteiger partial charge in [0.15, 0.2) is 0 Å². The molecule has 1 heterocycles. The number of aryl methyl sites for hydroxylation is 1. The van der Waals surface area contributed by atoms with Gasteiger partial charge in [0.25, 0.3) is 0 Å². The largest absolute Gasteiger partial charge is 0.339 e. The molecule has 1 aliphatic rings. The van der Waals surface area contributed by atoms with E-state index in [0.29, 0.717) is 31.8 Å². The number of benzene rings is 2. The van der Waals surface area contributed by atoms with Crippen molar-refractivity contribution in [2.45, 2.75) is 39.5 Å². The molecule has 0 radical (unpaired) electrons. The van der Waals surface area contributed by atoms with Crippen LogP contribution in [0, 0.1) is 12.8 Å². The molecule has 0 spiro atoms. The van der Waals surface area contributed by atoms with Crippen LogP contribution in [0.2, 0.25) is 0 Å². The Morgan fingerprint density at radius 2 is 1.72 bits per heavy atom. The number of piperidine rings is 1. The van der Waals surface area contributed by atoms with Crippen molar-refractivity contribution in [3.63, 3.8) is 0 Å². The van der Waals surface area contributed by atoms with Crippen molar-refractivity contribution in [1.29, 1.82) is 0 Å². The molecule has 0 unspecified atom stereocenters. The summed E-state index contributed by atoms with van der Waals surface area (Å²) >= 11 is 0. The smallest absolute Gasteiger partial charge is 0.246 e. The molecule has 1 fully saturated rings. The van der Waals surface area contributed by atoms with E-state index in [4.69, 9.17) is 0 Å². The van der Waals surface area contributed by atoms with Crippen LogP contribution in [0.3, 0.4) is 0 Å². The molecule has 0 bridgehead atoms. The number of hydrogen-bond acceptors (Lipinski definition) is 2. The van der Waals surface area contributed by atoms with Crippen molar-refractivity contribution in [2.24, 2.45) is 5.92 Å². The van der Waals surface area contributed by atoms with Crippen molar-refractivity contribution in [3.05, 3.63) is 71.3 Å². The zero-order valence-electron chi connectivity index (χ0n) is 17.5. The van der Waals surface area contributed by atoms with E-state index in [2.05, 4.69) is 25.2 Å². The molecule has 0 saturated carbocycles. The first kappa shape index (κ1) is 20.8. The fourth-order valence-electron chi connectivity index (χ4n) is 3.77. The molecule has 2 amide bonds. The summed E-state index contributed by atoms with van der Waals surface area (Å²) in [4.78, 5) is 27.1. The maximum Gasteiger partial charge on any atom is 0.246 e. The number of carbonyl (C=O) groups excluding carboxylic acids is 2. The van der Waals surface area contributed by atoms with Gasteiger partial charge in [-0.2, -0.15) is 0 Å². The van der Waals surface area contributed by atoms with Crippen molar-refractivity contribution in [3.8, 4) is 0 Å². The Labute approximate surface area is 173 Å². The highest BCUT2D eigenvalue weighted by molar-refractivity contribution is 5.95. The topological polar surface area (TPSA) is 49.4 Å². The monoisotopic (exact) mass is 390 g/mol. The Bertz CT molecular complexity index is 879. The minimum absolute atomic E-state index is 0.00806. The van der Waals surface area contributed by atoms with Gasteiger partial charge in [-0.15, -0.1) is 0 Å². The third kappa shape index (κ3) is 5.35. The van der Waals surface area contributed by atoms with Crippen molar-refractivity contribution in [2.75, 3.05) is 18.4 Å². The second kappa shape index (κ2) is 9.55. The van der Waals surface area contributed by atoms with E-state index in [1.165, 1.54) is 0 Å². The molecule has 0 atom stereocenters. The number of nitrogens with zero attached hydrogens (tertiary/aromatic N) is 1. The summed E-state index contributed by atoms with van der Waals surface area (Å²) in [5.41, 5.74) is 4.20. The summed E-state index contributed by atoms with van der Waals surface area (Å²) in [6.45, 7) is 7.53. The molecule has 2 aromatic rings. The average Bonchev–Trinajstić information content (AvgIpc) is 2.74. The summed E-state index contributed by atoms with van der Waals surface area (Å²) in [5, 5.41) is 3.16. The van der Waals surface area contributed by atoms with E-state index in [9.17, 15) is 9.59 Å².